The molecule has 1 heteroatoms. The lowest BCUT2D eigenvalue weighted by Crippen LogP contribution is -1.89. The first-order valence-corrected chi connectivity index (χ1v) is 14.9. The Bertz CT molecular complexity index is 2410. The monoisotopic (exact) mass is 536 g/mol. The van der Waals surface area contributed by atoms with Crippen molar-refractivity contribution in [3.63, 3.8) is 0 Å². The van der Waals surface area contributed by atoms with Crippen LogP contribution in [0.4, 0.5) is 0 Å². The number of fused-ring (bicyclic) bond motifs is 3. The number of hydrogen-bond donors (Lipinski definition) is 0. The summed E-state index contributed by atoms with van der Waals surface area (Å²) in [4.78, 5) is 0. The molecular formula is C40H24S. The molecule has 0 saturated heterocycles. The molecule has 9 rings (SSSR count). The van der Waals surface area contributed by atoms with E-state index >= 15 is 0 Å². The van der Waals surface area contributed by atoms with Crippen LogP contribution >= 0.6 is 11.3 Å². The first-order valence-electron chi connectivity index (χ1n) is 14.1. The number of rotatable bonds is 3. The smallest absolute Gasteiger partial charge is 0.0355 e. The minimum absolute atomic E-state index is 1.25. The van der Waals surface area contributed by atoms with Crippen LogP contribution in [0, 0.1) is 0 Å². The summed E-state index contributed by atoms with van der Waals surface area (Å²) in [6.07, 6.45) is 0. The molecule has 0 aliphatic rings. The quantitative estimate of drug-likeness (QED) is 0.197. The highest BCUT2D eigenvalue weighted by Crippen LogP contribution is 2.43. The molecule has 9 aromatic rings. The molecule has 1 heterocycles. The maximum atomic E-state index is 2.36. The second kappa shape index (κ2) is 8.76. The fourth-order valence-corrected chi connectivity index (χ4v) is 7.78. The molecule has 1 aromatic heterocycles. The lowest BCUT2D eigenvalue weighted by Gasteiger charge is -2.17. The van der Waals surface area contributed by atoms with Crippen LogP contribution < -0.4 is 0 Å². The van der Waals surface area contributed by atoms with Crippen molar-refractivity contribution in [1.29, 1.82) is 0 Å². The minimum atomic E-state index is 1.25. The number of thiophene rings is 1. The lowest BCUT2D eigenvalue weighted by atomic mass is 9.87. The first kappa shape index (κ1) is 22.8. The van der Waals surface area contributed by atoms with Crippen molar-refractivity contribution in [2.75, 3.05) is 0 Å². The lowest BCUT2D eigenvalue weighted by molar-refractivity contribution is 1.63. The van der Waals surface area contributed by atoms with Gasteiger partial charge in [0, 0.05) is 20.2 Å². The number of hydrogen-bond acceptors (Lipinski definition) is 1. The average Bonchev–Trinajstić information content (AvgIpc) is 3.42. The van der Waals surface area contributed by atoms with Gasteiger partial charge in [-0.3, -0.25) is 0 Å². The summed E-state index contributed by atoms with van der Waals surface area (Å²) in [5.74, 6) is 0. The third-order valence-electron chi connectivity index (χ3n) is 8.63. The summed E-state index contributed by atoms with van der Waals surface area (Å²) in [6.45, 7) is 0. The Morgan fingerprint density at radius 2 is 0.902 bits per heavy atom. The largest absolute Gasteiger partial charge is 0.135 e. The Kier molecular flexibility index (Phi) is 4.87. The van der Waals surface area contributed by atoms with Crippen LogP contribution in [0.3, 0.4) is 0 Å². The van der Waals surface area contributed by atoms with Gasteiger partial charge in [-0.05, 0) is 90.0 Å². The van der Waals surface area contributed by atoms with Crippen molar-refractivity contribution in [2.45, 2.75) is 0 Å². The highest BCUT2D eigenvalue weighted by molar-refractivity contribution is 7.25. The zero-order valence-corrected chi connectivity index (χ0v) is 23.1. The van der Waals surface area contributed by atoms with Gasteiger partial charge < -0.3 is 0 Å². The normalized spacial score (nSPS) is 11.9. The molecule has 0 aliphatic carbocycles. The van der Waals surface area contributed by atoms with Crippen molar-refractivity contribution >= 4 is 63.8 Å². The third-order valence-corrected chi connectivity index (χ3v) is 9.78. The van der Waals surface area contributed by atoms with E-state index in [2.05, 4.69) is 146 Å². The van der Waals surface area contributed by atoms with E-state index in [1.54, 1.807) is 0 Å². The molecule has 8 aromatic carbocycles. The zero-order chi connectivity index (χ0) is 26.9. The van der Waals surface area contributed by atoms with Crippen LogP contribution in [0.5, 0.6) is 0 Å². The van der Waals surface area contributed by atoms with E-state index in [1.807, 2.05) is 11.3 Å². The molecule has 0 saturated carbocycles. The van der Waals surface area contributed by atoms with Crippen molar-refractivity contribution < 1.29 is 0 Å². The molecule has 0 aliphatic heterocycles. The Labute approximate surface area is 242 Å². The molecule has 0 unspecified atom stereocenters. The fraction of sp³-hybridized carbons (Fsp3) is 0. The Hall–Kier alpha value is -4.98. The highest BCUT2D eigenvalue weighted by atomic mass is 32.1. The van der Waals surface area contributed by atoms with Gasteiger partial charge in [0.05, 0.1) is 0 Å². The van der Waals surface area contributed by atoms with Gasteiger partial charge >= 0.3 is 0 Å². The highest BCUT2D eigenvalue weighted by Gasteiger charge is 2.15. The van der Waals surface area contributed by atoms with Gasteiger partial charge in [-0.2, -0.15) is 0 Å². The van der Waals surface area contributed by atoms with E-state index in [0.717, 1.165) is 0 Å². The maximum absolute atomic E-state index is 2.36. The van der Waals surface area contributed by atoms with Gasteiger partial charge in [0.2, 0.25) is 0 Å². The van der Waals surface area contributed by atoms with Crippen molar-refractivity contribution in [3.8, 4) is 33.4 Å². The van der Waals surface area contributed by atoms with Crippen LogP contribution in [-0.2, 0) is 0 Å². The predicted octanol–water partition coefficient (Wildman–Crippen LogP) is 12.0. The van der Waals surface area contributed by atoms with Gasteiger partial charge in [-0.15, -0.1) is 11.3 Å². The van der Waals surface area contributed by atoms with E-state index in [4.69, 9.17) is 0 Å². The van der Waals surface area contributed by atoms with E-state index in [9.17, 15) is 0 Å². The third kappa shape index (κ3) is 3.46. The predicted molar refractivity (Wildman–Crippen MR) is 179 cm³/mol. The van der Waals surface area contributed by atoms with Crippen LogP contribution in [-0.4, -0.2) is 0 Å². The summed E-state index contributed by atoms with van der Waals surface area (Å²) in [5.41, 5.74) is 7.58. The SMILES string of the molecule is c1ccc(-c2ccc3ccc4c(-c5cccc(-c6ccc7sc8ccccc8c7c6)c5)ccc5ccc2c3c54)cc1. The first-order chi connectivity index (χ1) is 20.3. The summed E-state index contributed by atoms with van der Waals surface area (Å²) < 4.78 is 2.69. The molecule has 0 spiro atoms. The Morgan fingerprint density at radius 3 is 1.68 bits per heavy atom. The molecule has 0 atom stereocenters. The van der Waals surface area contributed by atoms with Gasteiger partial charge in [0.15, 0.2) is 0 Å². The van der Waals surface area contributed by atoms with E-state index in [0.29, 0.717) is 0 Å². The van der Waals surface area contributed by atoms with Gasteiger partial charge in [-0.1, -0.05) is 121 Å². The van der Waals surface area contributed by atoms with Crippen LogP contribution in [0.15, 0.2) is 146 Å². The molecule has 0 bridgehead atoms. The van der Waals surface area contributed by atoms with Crippen LogP contribution in [0.2, 0.25) is 0 Å². The zero-order valence-electron chi connectivity index (χ0n) is 22.3. The van der Waals surface area contributed by atoms with Gasteiger partial charge in [0.1, 0.15) is 0 Å². The van der Waals surface area contributed by atoms with E-state index in [-0.39, 0.29) is 0 Å². The maximum Gasteiger partial charge on any atom is 0.0355 e. The molecule has 0 fully saturated rings. The second-order valence-corrected chi connectivity index (χ2v) is 12.0. The molecule has 190 valence electrons. The minimum Gasteiger partial charge on any atom is -0.135 e. The number of benzene rings is 8. The van der Waals surface area contributed by atoms with Crippen molar-refractivity contribution in [1.82, 2.24) is 0 Å². The van der Waals surface area contributed by atoms with Crippen molar-refractivity contribution in [2.24, 2.45) is 0 Å². The summed E-state index contributed by atoms with van der Waals surface area (Å²) in [6, 6.07) is 53.8. The summed E-state index contributed by atoms with van der Waals surface area (Å²) in [5, 5.41) is 10.6. The molecule has 0 radical (unpaired) electrons. The molecule has 0 N–H and O–H groups in total. The second-order valence-electron chi connectivity index (χ2n) is 10.9. The molecule has 41 heavy (non-hydrogen) atoms. The topological polar surface area (TPSA) is 0 Å². The Morgan fingerprint density at radius 1 is 0.317 bits per heavy atom. The average molecular weight is 537 g/mol. The fourth-order valence-electron chi connectivity index (χ4n) is 6.69. The van der Waals surface area contributed by atoms with Crippen molar-refractivity contribution in [3.05, 3.63) is 146 Å². The standard InChI is InChI=1S/C40H24S/c1-2-7-25(8-3-1)31-18-13-26-16-21-35-32(19-14-27-15-20-34(31)39(26)40(27)35)30-10-6-9-28(23-30)29-17-22-38-36(24-29)33-11-4-5-12-37(33)41-38/h1-24H. The van der Waals surface area contributed by atoms with Gasteiger partial charge in [0.25, 0.3) is 0 Å². The molecular weight excluding hydrogens is 513 g/mol. The summed E-state index contributed by atoms with van der Waals surface area (Å²) in [7, 11) is 0. The van der Waals surface area contributed by atoms with Gasteiger partial charge in [-0.25, -0.2) is 0 Å². The van der Waals surface area contributed by atoms with E-state index in [1.165, 1.54) is 85.9 Å². The Balaban J connectivity index is 1.24. The molecule has 0 nitrogen and oxygen atoms in total. The molecule has 0 amide bonds. The van der Waals surface area contributed by atoms with Crippen LogP contribution in [0.1, 0.15) is 0 Å². The van der Waals surface area contributed by atoms with Crippen LogP contribution in [0.25, 0.3) is 85.9 Å². The summed E-state index contributed by atoms with van der Waals surface area (Å²) >= 11 is 1.87. The van der Waals surface area contributed by atoms with E-state index < -0.39 is 0 Å².